The summed E-state index contributed by atoms with van der Waals surface area (Å²) < 4.78 is 0. The summed E-state index contributed by atoms with van der Waals surface area (Å²) >= 11 is 0. The van der Waals surface area contributed by atoms with Crippen LogP contribution in [0.2, 0.25) is 0 Å². The van der Waals surface area contributed by atoms with Crippen LogP contribution in [0.15, 0.2) is 127 Å². The Hall–Kier alpha value is -6.06. The van der Waals surface area contributed by atoms with E-state index in [9.17, 15) is 0 Å². The molecule has 0 radical (unpaired) electrons. The lowest BCUT2D eigenvalue weighted by Gasteiger charge is -2.43. The van der Waals surface area contributed by atoms with E-state index in [0.717, 1.165) is 7.28 Å². The van der Waals surface area contributed by atoms with Gasteiger partial charge in [-0.2, -0.15) is 0 Å². The number of aromatic nitrogens is 1. The van der Waals surface area contributed by atoms with Crippen molar-refractivity contribution in [1.29, 1.82) is 0 Å². The van der Waals surface area contributed by atoms with Gasteiger partial charge in [-0.1, -0.05) is 196 Å². The first-order valence-electron chi connectivity index (χ1n) is 27.4. The summed E-state index contributed by atoms with van der Waals surface area (Å²) in [6.45, 7) is 41.2. The molecule has 4 aliphatic rings. The molecule has 0 amide bonds. The van der Waals surface area contributed by atoms with Crippen LogP contribution in [-0.4, -0.2) is 12.3 Å². The first-order valence-corrected chi connectivity index (χ1v) is 27.4. The van der Waals surface area contributed by atoms with Crippen LogP contribution in [0, 0.1) is 0 Å². The largest absolute Gasteiger partial charge is 0.354 e. The molecule has 1 aliphatic heterocycles. The van der Waals surface area contributed by atoms with Crippen molar-refractivity contribution in [2.24, 2.45) is 0 Å². The van der Waals surface area contributed by atoms with E-state index in [2.05, 4.69) is 249 Å². The highest BCUT2D eigenvalue weighted by Gasteiger charge is 2.49. The summed E-state index contributed by atoms with van der Waals surface area (Å²) in [5, 5.41) is 2.61. The molecule has 0 spiro atoms. The number of hydrogen-bond donors (Lipinski definition) is 1. The fourth-order valence-corrected chi connectivity index (χ4v) is 13.7. The Morgan fingerprint density at radius 3 is 1.71 bits per heavy atom. The maximum Gasteiger partial charge on any atom is 0.194 e. The van der Waals surface area contributed by atoms with Gasteiger partial charge in [-0.25, -0.2) is 0 Å². The molecule has 370 valence electrons. The molecule has 8 aromatic rings. The summed E-state index contributed by atoms with van der Waals surface area (Å²) in [5.41, 5.74) is 29.5. The summed E-state index contributed by atoms with van der Waals surface area (Å²) in [4.78, 5) is 6.93. The van der Waals surface area contributed by atoms with Crippen molar-refractivity contribution >= 4 is 51.6 Å². The van der Waals surface area contributed by atoms with Crippen LogP contribution in [-0.2, 0) is 37.9 Å². The number of nitrogens with one attached hydrogen (secondary N) is 1. The van der Waals surface area contributed by atoms with Crippen LogP contribution in [0.1, 0.15) is 181 Å². The lowest BCUT2D eigenvalue weighted by Crippen LogP contribution is -2.39. The van der Waals surface area contributed by atoms with E-state index >= 15 is 0 Å². The van der Waals surface area contributed by atoms with Crippen LogP contribution in [0.4, 0.5) is 11.4 Å². The maximum absolute atomic E-state index is 4.14. The van der Waals surface area contributed by atoms with Crippen molar-refractivity contribution < 1.29 is 0 Å². The third-order valence-electron chi connectivity index (χ3n) is 18.6. The highest BCUT2D eigenvalue weighted by molar-refractivity contribution is 6.69. The monoisotopic (exact) mass is 957 g/mol. The molecule has 0 atom stereocenters. The Kier molecular flexibility index (Phi) is 10.0. The van der Waals surface area contributed by atoms with Gasteiger partial charge in [0.25, 0.3) is 0 Å². The molecule has 12 rings (SSSR count). The van der Waals surface area contributed by atoms with Crippen molar-refractivity contribution in [3.05, 3.63) is 177 Å². The van der Waals surface area contributed by atoms with Crippen LogP contribution < -0.4 is 10.4 Å². The number of aromatic amines is 1. The summed E-state index contributed by atoms with van der Waals surface area (Å²) in [6, 6.07) is 48.2. The minimum Gasteiger partial charge on any atom is -0.354 e. The molecule has 1 N–H and O–H groups in total. The van der Waals surface area contributed by atoms with Gasteiger partial charge in [-0.05, 0) is 161 Å². The van der Waals surface area contributed by atoms with E-state index in [-0.39, 0.29) is 37.9 Å². The fourth-order valence-electron chi connectivity index (χ4n) is 13.7. The van der Waals surface area contributed by atoms with Crippen molar-refractivity contribution in [2.45, 2.75) is 168 Å². The highest BCUT2D eigenvalue weighted by atomic mass is 15.2. The quantitative estimate of drug-likeness (QED) is 0.175. The number of rotatable bonds is 3. The Labute approximate surface area is 438 Å². The summed E-state index contributed by atoms with van der Waals surface area (Å²) in [6.07, 6.45) is 2.37. The molecule has 73 heavy (non-hydrogen) atoms. The molecule has 0 saturated heterocycles. The molecule has 3 aliphatic carbocycles. The van der Waals surface area contributed by atoms with E-state index < -0.39 is 0 Å². The standard InChI is InChI=1S/C70H77BN2/c1-64(2,3)41-27-29-55-46(34-41)47-35-43(66(7,8)9)36-49(61(47)72-55)59-58-44-25-21-22-26-50(44)69(14,15)54(58)39-57-60(59)71-63-62(48-37-52-53(38-51(48)70(63,16)17)68(12,13)32-31-67(52,10)11)73(57)56-30-28-42(65(4,5)6)33-45(56)40-23-19-18-20-24-40/h18-30,33-39,71-72H,31-32H2,1-17H3. The van der Waals surface area contributed by atoms with Gasteiger partial charge in [-0.15, -0.1) is 0 Å². The third kappa shape index (κ3) is 7.02. The van der Waals surface area contributed by atoms with Crippen molar-refractivity contribution in [3.63, 3.8) is 0 Å². The number of fused-ring (bicyclic) bond motifs is 10. The normalized spacial score (nSPS) is 18.0. The average molecular weight is 957 g/mol. The molecule has 3 heteroatoms. The molecular formula is C70H77BN2. The van der Waals surface area contributed by atoms with Gasteiger partial charge in [0.2, 0.25) is 0 Å². The third-order valence-corrected chi connectivity index (χ3v) is 18.6. The Morgan fingerprint density at radius 2 is 1.04 bits per heavy atom. The van der Waals surface area contributed by atoms with E-state index in [1.165, 1.54) is 146 Å². The fraction of sp³-hybridized carbons (Fsp3) is 0.371. The van der Waals surface area contributed by atoms with E-state index in [0.29, 0.717) is 0 Å². The van der Waals surface area contributed by atoms with Gasteiger partial charge in [0.05, 0.1) is 11.2 Å². The number of benzene rings is 7. The van der Waals surface area contributed by atoms with Crippen LogP contribution >= 0.6 is 0 Å². The first-order chi connectivity index (χ1) is 34.1. The molecule has 2 nitrogen and oxygen atoms in total. The van der Waals surface area contributed by atoms with Gasteiger partial charge in [0.1, 0.15) is 0 Å². The van der Waals surface area contributed by atoms with Crippen molar-refractivity contribution in [1.82, 2.24) is 4.98 Å². The number of hydrogen-bond acceptors (Lipinski definition) is 1. The SMILES string of the molecule is CC(C)(C)c1ccc(N2C3=C(Bc4c2cc2c(c4-c4cc(C(C)(C)C)cc5c4[nH]c4ccc(C(C)(C)C)cc45)-c4ccccc4C2(C)C)C(C)(C)c2cc4c(cc23)C(C)(C)CCC4(C)C)c(-c2ccccc2)c1. The van der Waals surface area contributed by atoms with E-state index in [1.54, 1.807) is 0 Å². The number of H-pyrrole nitrogens is 1. The zero-order chi connectivity index (χ0) is 51.9. The van der Waals surface area contributed by atoms with Gasteiger partial charge in [0, 0.05) is 55.2 Å². The van der Waals surface area contributed by atoms with Gasteiger partial charge < -0.3 is 9.88 Å². The predicted molar refractivity (Wildman–Crippen MR) is 317 cm³/mol. The molecule has 0 fully saturated rings. The maximum atomic E-state index is 4.14. The topological polar surface area (TPSA) is 19.0 Å². The van der Waals surface area contributed by atoms with Gasteiger partial charge in [-0.3, -0.25) is 0 Å². The summed E-state index contributed by atoms with van der Waals surface area (Å²) in [7, 11) is 0.849. The molecule has 0 bridgehead atoms. The van der Waals surface area contributed by atoms with Crippen LogP contribution in [0.3, 0.4) is 0 Å². The van der Waals surface area contributed by atoms with Crippen LogP contribution in [0.25, 0.3) is 60.9 Å². The number of anilines is 2. The Morgan fingerprint density at radius 1 is 0.452 bits per heavy atom. The van der Waals surface area contributed by atoms with Crippen LogP contribution in [0.5, 0.6) is 0 Å². The number of nitrogens with zero attached hydrogens (tertiary/aromatic N) is 1. The zero-order valence-electron chi connectivity index (χ0n) is 47.1. The lowest BCUT2D eigenvalue weighted by atomic mass is 9.51. The predicted octanol–water partition coefficient (Wildman–Crippen LogP) is 18.1. The average Bonchev–Trinajstić information content (AvgIpc) is 3.89. The molecule has 0 saturated carbocycles. The highest BCUT2D eigenvalue weighted by Crippen LogP contribution is 2.60. The molecule has 2 heterocycles. The van der Waals surface area contributed by atoms with E-state index in [1.807, 2.05) is 0 Å². The second-order valence-electron chi connectivity index (χ2n) is 28.2. The van der Waals surface area contributed by atoms with Crippen molar-refractivity contribution in [2.75, 3.05) is 4.90 Å². The smallest absolute Gasteiger partial charge is 0.194 e. The minimum atomic E-state index is -0.251. The Balaban J connectivity index is 1.26. The molecule has 1 aromatic heterocycles. The molecule has 0 unspecified atom stereocenters. The lowest BCUT2D eigenvalue weighted by molar-refractivity contribution is 0.331. The summed E-state index contributed by atoms with van der Waals surface area (Å²) in [5.74, 6) is 0. The zero-order valence-corrected chi connectivity index (χ0v) is 47.1. The number of allylic oxidation sites excluding steroid dienone is 1. The Bertz CT molecular complexity index is 3690. The minimum absolute atomic E-state index is 0.0197. The van der Waals surface area contributed by atoms with Gasteiger partial charge in [0.15, 0.2) is 7.28 Å². The molecular weight excluding hydrogens is 880 g/mol. The molecule has 7 aromatic carbocycles. The first kappa shape index (κ1) is 47.9. The second kappa shape index (κ2) is 15.3. The second-order valence-corrected chi connectivity index (χ2v) is 28.2. The van der Waals surface area contributed by atoms with E-state index in [4.69, 9.17) is 0 Å². The van der Waals surface area contributed by atoms with Crippen molar-refractivity contribution in [3.8, 4) is 33.4 Å². The van der Waals surface area contributed by atoms with Gasteiger partial charge >= 0.3 is 0 Å².